The molecule has 18 heavy (non-hydrogen) atoms. The highest BCUT2D eigenvalue weighted by Gasteiger charge is 2.61. The normalized spacial score (nSPS) is 22.6. The van der Waals surface area contributed by atoms with Gasteiger partial charge in [0.1, 0.15) is 0 Å². The van der Waals surface area contributed by atoms with Crippen LogP contribution in [-0.4, -0.2) is 11.9 Å². The number of furan rings is 1. The SMILES string of the molecule is C=C(C)C(=O)Oc1c2oc3c1OC(=O)C3(C#N)C2. The highest BCUT2D eigenvalue weighted by Crippen LogP contribution is 2.57. The number of rotatable bonds is 2. The number of hydrogen-bond donors (Lipinski definition) is 0. The van der Waals surface area contributed by atoms with Crippen LogP contribution in [0.1, 0.15) is 18.4 Å². The minimum absolute atomic E-state index is 0.0393. The number of carbonyl (C=O) groups is 2. The van der Waals surface area contributed by atoms with Gasteiger partial charge < -0.3 is 13.9 Å². The Morgan fingerprint density at radius 2 is 2.33 bits per heavy atom. The zero-order chi connectivity index (χ0) is 13.1. The fourth-order valence-electron chi connectivity index (χ4n) is 2.02. The van der Waals surface area contributed by atoms with E-state index in [1.807, 2.05) is 6.07 Å². The molecular formula is C12H7NO5. The summed E-state index contributed by atoms with van der Waals surface area (Å²) in [5.41, 5.74) is -1.17. The van der Waals surface area contributed by atoms with Gasteiger partial charge in [-0.2, -0.15) is 5.26 Å². The van der Waals surface area contributed by atoms with E-state index in [9.17, 15) is 9.59 Å². The predicted octanol–water partition coefficient (Wildman–Crippen LogP) is 0.998. The first-order valence-electron chi connectivity index (χ1n) is 5.17. The van der Waals surface area contributed by atoms with Crippen LogP contribution in [0.15, 0.2) is 16.6 Å². The van der Waals surface area contributed by atoms with Crippen molar-refractivity contribution in [1.29, 1.82) is 5.26 Å². The van der Waals surface area contributed by atoms with Crippen molar-refractivity contribution >= 4 is 11.9 Å². The summed E-state index contributed by atoms with van der Waals surface area (Å²) in [4.78, 5) is 23.1. The third-order valence-electron chi connectivity index (χ3n) is 2.98. The summed E-state index contributed by atoms with van der Waals surface area (Å²) in [7, 11) is 0. The van der Waals surface area contributed by atoms with Gasteiger partial charge in [-0.3, -0.25) is 0 Å². The van der Waals surface area contributed by atoms with Gasteiger partial charge in [-0.25, -0.2) is 9.59 Å². The molecule has 0 fully saturated rings. The average Bonchev–Trinajstić information content (AvgIpc) is 2.90. The third-order valence-corrected chi connectivity index (χ3v) is 2.98. The molecule has 0 spiro atoms. The van der Waals surface area contributed by atoms with Crippen LogP contribution in [0.4, 0.5) is 0 Å². The molecule has 0 aromatic carbocycles. The number of carbonyl (C=O) groups excluding carboxylic acids is 2. The molecule has 1 aromatic heterocycles. The lowest BCUT2D eigenvalue weighted by molar-refractivity contribution is -0.136. The van der Waals surface area contributed by atoms with Gasteiger partial charge in [-0.05, 0) is 6.92 Å². The Bertz CT molecular complexity index is 663. The topological polar surface area (TPSA) is 89.5 Å². The van der Waals surface area contributed by atoms with Crippen LogP contribution in [0, 0.1) is 11.3 Å². The molecule has 6 heteroatoms. The lowest BCUT2D eigenvalue weighted by Gasteiger charge is -2.08. The monoisotopic (exact) mass is 245 g/mol. The average molecular weight is 245 g/mol. The molecule has 6 nitrogen and oxygen atoms in total. The summed E-state index contributed by atoms with van der Waals surface area (Å²) in [6.07, 6.45) is 0.0416. The molecule has 1 aromatic rings. The molecule has 0 saturated carbocycles. The van der Waals surface area contributed by atoms with Gasteiger partial charge in [-0.15, -0.1) is 0 Å². The molecule has 3 rings (SSSR count). The number of ether oxygens (including phenoxy) is 2. The van der Waals surface area contributed by atoms with Crippen LogP contribution in [0.25, 0.3) is 0 Å². The van der Waals surface area contributed by atoms with E-state index in [0.717, 1.165) is 0 Å². The van der Waals surface area contributed by atoms with Gasteiger partial charge in [0.25, 0.3) is 0 Å². The second kappa shape index (κ2) is 3.01. The zero-order valence-corrected chi connectivity index (χ0v) is 9.40. The maximum atomic E-state index is 11.7. The van der Waals surface area contributed by atoms with Gasteiger partial charge in [-0.1, -0.05) is 6.58 Å². The standard InChI is InChI=1S/C12H7NO5/c1-5(2)10(14)17-7-6-3-12(4-13)9(16-6)8(7)18-11(12)15/h1,3H2,2H3. The number of hydrogen-bond acceptors (Lipinski definition) is 6. The minimum Gasteiger partial charge on any atom is -0.455 e. The molecule has 3 heterocycles. The van der Waals surface area contributed by atoms with Crippen LogP contribution < -0.4 is 9.47 Å². The van der Waals surface area contributed by atoms with Crippen LogP contribution in [0.3, 0.4) is 0 Å². The molecule has 0 radical (unpaired) electrons. The van der Waals surface area contributed by atoms with E-state index < -0.39 is 17.4 Å². The first-order valence-corrected chi connectivity index (χ1v) is 5.17. The Balaban J connectivity index is 2.05. The molecular weight excluding hydrogens is 238 g/mol. The summed E-state index contributed by atoms with van der Waals surface area (Å²) in [6.45, 7) is 4.95. The molecule has 0 saturated heterocycles. The highest BCUT2D eigenvalue weighted by atomic mass is 16.6. The first-order chi connectivity index (χ1) is 8.49. The van der Waals surface area contributed by atoms with Gasteiger partial charge in [0.05, 0.1) is 6.07 Å². The smallest absolute Gasteiger partial charge is 0.340 e. The number of fused-ring (bicyclic) bond motifs is 1. The largest absolute Gasteiger partial charge is 0.455 e. The van der Waals surface area contributed by atoms with Gasteiger partial charge in [0.2, 0.25) is 16.9 Å². The van der Waals surface area contributed by atoms with Crippen molar-refractivity contribution in [3.05, 3.63) is 23.7 Å². The molecule has 1 atom stereocenters. The Labute approximate surface area is 101 Å². The van der Waals surface area contributed by atoms with Gasteiger partial charge in [0.15, 0.2) is 11.5 Å². The second-order valence-electron chi connectivity index (χ2n) is 4.27. The molecule has 0 amide bonds. The van der Waals surface area contributed by atoms with E-state index in [0.29, 0.717) is 0 Å². The number of esters is 2. The lowest BCUT2D eigenvalue weighted by Crippen LogP contribution is -2.31. The molecule has 90 valence electrons. The zero-order valence-electron chi connectivity index (χ0n) is 9.40. The van der Waals surface area contributed by atoms with Crippen molar-refractivity contribution < 1.29 is 23.5 Å². The van der Waals surface area contributed by atoms with Crippen molar-refractivity contribution in [1.82, 2.24) is 0 Å². The highest BCUT2D eigenvalue weighted by molar-refractivity contribution is 5.97. The lowest BCUT2D eigenvalue weighted by atomic mass is 9.83. The van der Waals surface area contributed by atoms with Crippen molar-refractivity contribution in [3.8, 4) is 17.6 Å². The predicted molar refractivity (Wildman–Crippen MR) is 55.8 cm³/mol. The Morgan fingerprint density at radius 3 is 2.94 bits per heavy atom. The first kappa shape index (κ1) is 10.6. The molecule has 2 bridgehead atoms. The third kappa shape index (κ3) is 1.01. The number of nitrogens with zero attached hydrogens (tertiary/aromatic N) is 1. The molecule has 0 aliphatic carbocycles. The summed E-state index contributed by atoms with van der Waals surface area (Å²) in [6, 6.07) is 1.90. The van der Waals surface area contributed by atoms with E-state index in [1.165, 1.54) is 6.92 Å². The Kier molecular flexibility index (Phi) is 1.77. The van der Waals surface area contributed by atoms with Crippen LogP contribution >= 0.6 is 0 Å². The maximum absolute atomic E-state index is 11.7. The maximum Gasteiger partial charge on any atom is 0.340 e. The van der Waals surface area contributed by atoms with Gasteiger partial charge in [0, 0.05) is 12.0 Å². The molecule has 2 aliphatic rings. The summed E-state index contributed by atoms with van der Waals surface area (Å²) in [5.74, 6) is -0.790. The minimum atomic E-state index is -1.39. The number of nitriles is 1. The van der Waals surface area contributed by atoms with Crippen molar-refractivity contribution in [2.24, 2.45) is 0 Å². The van der Waals surface area contributed by atoms with Crippen molar-refractivity contribution in [2.75, 3.05) is 0 Å². The van der Waals surface area contributed by atoms with E-state index in [1.54, 1.807) is 0 Å². The Hall–Kier alpha value is -2.55. The van der Waals surface area contributed by atoms with Crippen LogP contribution in [-0.2, 0) is 21.4 Å². The molecule has 0 N–H and O–H groups in total. The Morgan fingerprint density at radius 1 is 1.61 bits per heavy atom. The fraction of sp³-hybridized carbons (Fsp3) is 0.250. The van der Waals surface area contributed by atoms with Gasteiger partial charge >= 0.3 is 11.9 Å². The van der Waals surface area contributed by atoms with Crippen molar-refractivity contribution in [3.63, 3.8) is 0 Å². The summed E-state index contributed by atoms with van der Waals surface area (Å²) < 4.78 is 15.3. The van der Waals surface area contributed by atoms with E-state index in [4.69, 9.17) is 19.2 Å². The van der Waals surface area contributed by atoms with E-state index >= 15 is 0 Å². The van der Waals surface area contributed by atoms with Crippen LogP contribution in [0.5, 0.6) is 11.5 Å². The van der Waals surface area contributed by atoms with E-state index in [-0.39, 0.29) is 35.0 Å². The molecule has 1 unspecified atom stereocenters. The summed E-state index contributed by atoms with van der Waals surface area (Å²) >= 11 is 0. The molecule has 2 aliphatic heterocycles. The summed E-state index contributed by atoms with van der Waals surface area (Å²) in [5, 5.41) is 9.08. The van der Waals surface area contributed by atoms with Crippen LogP contribution in [0.2, 0.25) is 0 Å². The quantitative estimate of drug-likeness (QED) is 0.570. The second-order valence-corrected chi connectivity index (χ2v) is 4.27. The van der Waals surface area contributed by atoms with Crippen molar-refractivity contribution in [2.45, 2.75) is 18.8 Å². The fourth-order valence-corrected chi connectivity index (χ4v) is 2.02. The van der Waals surface area contributed by atoms with E-state index in [2.05, 4.69) is 6.58 Å².